The Balaban J connectivity index is 4.69. The summed E-state index contributed by atoms with van der Waals surface area (Å²) in [6.45, 7) is -0.754. The second-order valence-electron chi connectivity index (χ2n) is 4.70. The Labute approximate surface area is 137 Å². The molecule has 0 fully saturated rings. The lowest BCUT2D eigenvalue weighted by Crippen LogP contribution is -2.56. The standard InChI is InChI=1S/C12H22N4O6S/c1-23-3-2-6(13)10(19)16-8(5-17)11(20)15-7(12(21)22)4-9(14)18/h6-8,17H,2-5,13H2,1H3,(H2,14,18)(H,15,20)(H,16,19)(H,21,22). The monoisotopic (exact) mass is 350 g/mol. The number of nitrogens with one attached hydrogen (secondary N) is 2. The summed E-state index contributed by atoms with van der Waals surface area (Å²) in [6.07, 6.45) is 1.62. The third kappa shape index (κ3) is 8.38. The van der Waals surface area contributed by atoms with Crippen LogP contribution in [0.4, 0.5) is 0 Å². The van der Waals surface area contributed by atoms with Gasteiger partial charge in [-0.15, -0.1) is 0 Å². The number of thioether (sulfide) groups is 1. The fourth-order valence-corrected chi connectivity index (χ4v) is 2.01. The Kier molecular flexibility index (Phi) is 9.94. The lowest BCUT2D eigenvalue weighted by molar-refractivity contribution is -0.144. The zero-order chi connectivity index (χ0) is 18.0. The first-order valence-corrected chi connectivity index (χ1v) is 8.09. The van der Waals surface area contributed by atoms with Crippen molar-refractivity contribution in [2.75, 3.05) is 18.6 Å². The van der Waals surface area contributed by atoms with E-state index in [0.717, 1.165) is 0 Å². The van der Waals surface area contributed by atoms with E-state index in [4.69, 9.17) is 16.6 Å². The van der Waals surface area contributed by atoms with Gasteiger partial charge >= 0.3 is 5.97 Å². The van der Waals surface area contributed by atoms with Crippen molar-refractivity contribution in [1.82, 2.24) is 10.6 Å². The highest BCUT2D eigenvalue weighted by molar-refractivity contribution is 7.98. The van der Waals surface area contributed by atoms with Crippen molar-refractivity contribution in [2.45, 2.75) is 31.0 Å². The molecule has 0 saturated carbocycles. The van der Waals surface area contributed by atoms with E-state index >= 15 is 0 Å². The molecule has 0 aliphatic carbocycles. The molecule has 132 valence electrons. The van der Waals surface area contributed by atoms with E-state index < -0.39 is 54.8 Å². The van der Waals surface area contributed by atoms with Crippen LogP contribution in [-0.2, 0) is 19.2 Å². The lowest BCUT2D eigenvalue weighted by Gasteiger charge is -2.21. The lowest BCUT2D eigenvalue weighted by atomic mass is 10.1. The van der Waals surface area contributed by atoms with Gasteiger partial charge in [0.05, 0.1) is 19.1 Å². The molecule has 0 aromatic carbocycles. The van der Waals surface area contributed by atoms with Crippen LogP contribution in [0.15, 0.2) is 0 Å². The van der Waals surface area contributed by atoms with E-state index in [2.05, 4.69) is 5.32 Å². The average Bonchev–Trinajstić information content (AvgIpc) is 2.48. The number of amides is 3. The minimum atomic E-state index is -1.55. The number of carbonyl (C=O) groups is 4. The van der Waals surface area contributed by atoms with Gasteiger partial charge in [0.2, 0.25) is 17.7 Å². The van der Waals surface area contributed by atoms with Gasteiger partial charge in [-0.2, -0.15) is 11.8 Å². The largest absolute Gasteiger partial charge is 0.480 e. The van der Waals surface area contributed by atoms with Crippen LogP contribution in [0, 0.1) is 0 Å². The Hall–Kier alpha value is -1.85. The van der Waals surface area contributed by atoms with Gasteiger partial charge in [0.1, 0.15) is 12.1 Å². The first-order chi connectivity index (χ1) is 10.7. The van der Waals surface area contributed by atoms with Crippen molar-refractivity contribution in [1.29, 1.82) is 0 Å². The van der Waals surface area contributed by atoms with Crippen LogP contribution in [0.2, 0.25) is 0 Å². The molecular formula is C12H22N4O6S. The van der Waals surface area contributed by atoms with Crippen LogP contribution in [0.25, 0.3) is 0 Å². The normalized spacial score (nSPS) is 14.4. The van der Waals surface area contributed by atoms with Crippen LogP contribution >= 0.6 is 11.8 Å². The molecule has 0 aromatic heterocycles. The maximum atomic E-state index is 11.9. The minimum absolute atomic E-state index is 0.381. The number of nitrogens with two attached hydrogens (primary N) is 2. The van der Waals surface area contributed by atoms with Crippen molar-refractivity contribution in [3.8, 4) is 0 Å². The topological polar surface area (TPSA) is 185 Å². The summed E-state index contributed by atoms with van der Waals surface area (Å²) in [5.41, 5.74) is 10.5. The van der Waals surface area contributed by atoms with E-state index in [1.165, 1.54) is 11.8 Å². The molecule has 11 heteroatoms. The quantitative estimate of drug-likeness (QED) is 0.227. The zero-order valence-corrected chi connectivity index (χ0v) is 13.5. The second kappa shape index (κ2) is 10.8. The predicted octanol–water partition coefficient (Wildman–Crippen LogP) is -3.01. The number of carboxylic acid groups (broad SMARTS) is 1. The Morgan fingerprint density at radius 3 is 2.13 bits per heavy atom. The number of rotatable bonds is 11. The minimum Gasteiger partial charge on any atom is -0.480 e. The third-order valence-corrected chi connectivity index (χ3v) is 3.45. The molecule has 10 nitrogen and oxygen atoms in total. The summed E-state index contributed by atoms with van der Waals surface area (Å²) >= 11 is 1.50. The Morgan fingerprint density at radius 2 is 1.70 bits per heavy atom. The third-order valence-electron chi connectivity index (χ3n) is 2.81. The molecule has 23 heavy (non-hydrogen) atoms. The summed E-state index contributed by atoms with van der Waals surface area (Å²) in [5.74, 6) is -3.33. The smallest absolute Gasteiger partial charge is 0.326 e. The Morgan fingerprint density at radius 1 is 1.13 bits per heavy atom. The summed E-state index contributed by atoms with van der Waals surface area (Å²) in [4.78, 5) is 45.4. The molecule has 0 rings (SSSR count). The highest BCUT2D eigenvalue weighted by Gasteiger charge is 2.28. The van der Waals surface area contributed by atoms with Crippen molar-refractivity contribution in [3.63, 3.8) is 0 Å². The number of aliphatic hydroxyl groups is 1. The first kappa shape index (κ1) is 21.1. The van der Waals surface area contributed by atoms with Gasteiger partial charge in [0, 0.05) is 0 Å². The Bertz CT molecular complexity index is 447. The van der Waals surface area contributed by atoms with Crippen LogP contribution in [-0.4, -0.2) is 70.6 Å². The van der Waals surface area contributed by atoms with Crippen LogP contribution in [0.3, 0.4) is 0 Å². The summed E-state index contributed by atoms with van der Waals surface area (Å²) in [7, 11) is 0. The van der Waals surface area contributed by atoms with Crippen LogP contribution in [0.1, 0.15) is 12.8 Å². The summed E-state index contributed by atoms with van der Waals surface area (Å²) in [5, 5.41) is 22.3. The molecular weight excluding hydrogens is 328 g/mol. The number of hydrogen-bond donors (Lipinski definition) is 6. The fourth-order valence-electron chi connectivity index (χ4n) is 1.52. The predicted molar refractivity (Wildman–Crippen MR) is 83.4 cm³/mol. The number of carbonyl (C=O) groups excluding carboxylic acids is 3. The van der Waals surface area contributed by atoms with Crippen molar-refractivity contribution in [2.24, 2.45) is 11.5 Å². The molecule has 0 aliphatic rings. The molecule has 3 amide bonds. The SMILES string of the molecule is CSCCC(N)C(=O)NC(CO)C(=O)NC(CC(N)=O)C(=O)O. The van der Waals surface area contributed by atoms with E-state index in [-0.39, 0.29) is 0 Å². The fraction of sp³-hybridized carbons (Fsp3) is 0.667. The number of carboxylic acids is 1. The van der Waals surface area contributed by atoms with Gasteiger partial charge < -0.3 is 32.3 Å². The molecule has 0 aliphatic heterocycles. The second-order valence-corrected chi connectivity index (χ2v) is 5.69. The molecule has 0 saturated heterocycles. The average molecular weight is 350 g/mol. The zero-order valence-electron chi connectivity index (χ0n) is 12.7. The maximum absolute atomic E-state index is 11.9. The van der Waals surface area contributed by atoms with Gasteiger partial charge in [0.25, 0.3) is 0 Å². The molecule has 0 heterocycles. The van der Waals surface area contributed by atoms with Gasteiger partial charge in [-0.3, -0.25) is 14.4 Å². The van der Waals surface area contributed by atoms with Crippen LogP contribution < -0.4 is 22.1 Å². The molecule has 3 unspecified atom stereocenters. The van der Waals surface area contributed by atoms with E-state index in [1.807, 2.05) is 11.6 Å². The maximum Gasteiger partial charge on any atom is 0.326 e. The van der Waals surface area contributed by atoms with E-state index in [0.29, 0.717) is 12.2 Å². The molecule has 0 radical (unpaired) electrons. The molecule has 0 spiro atoms. The van der Waals surface area contributed by atoms with Crippen molar-refractivity contribution < 1.29 is 29.4 Å². The summed E-state index contributed by atoms with van der Waals surface area (Å²) < 4.78 is 0. The highest BCUT2D eigenvalue weighted by Crippen LogP contribution is 2.00. The number of aliphatic hydroxyl groups excluding tert-OH is 1. The highest BCUT2D eigenvalue weighted by atomic mass is 32.2. The van der Waals surface area contributed by atoms with Crippen molar-refractivity contribution >= 4 is 35.5 Å². The van der Waals surface area contributed by atoms with E-state index in [9.17, 15) is 24.3 Å². The van der Waals surface area contributed by atoms with Crippen molar-refractivity contribution in [3.05, 3.63) is 0 Å². The van der Waals surface area contributed by atoms with Crippen LogP contribution in [0.5, 0.6) is 0 Å². The van der Waals surface area contributed by atoms with E-state index in [1.54, 1.807) is 0 Å². The molecule has 3 atom stereocenters. The van der Waals surface area contributed by atoms with Gasteiger partial charge in [-0.1, -0.05) is 0 Å². The molecule has 0 aromatic rings. The number of hydrogen-bond acceptors (Lipinski definition) is 7. The molecule has 0 bridgehead atoms. The first-order valence-electron chi connectivity index (χ1n) is 6.70. The number of aliphatic carboxylic acids is 1. The summed E-state index contributed by atoms with van der Waals surface area (Å²) in [6, 6.07) is -3.78. The number of primary amides is 1. The molecule has 8 N–H and O–H groups in total. The van der Waals surface area contributed by atoms with Gasteiger partial charge in [-0.25, -0.2) is 4.79 Å². The van der Waals surface area contributed by atoms with Gasteiger partial charge in [0.15, 0.2) is 0 Å². The van der Waals surface area contributed by atoms with Gasteiger partial charge in [-0.05, 0) is 18.4 Å².